The highest BCUT2D eigenvalue weighted by molar-refractivity contribution is 6.01. The lowest BCUT2D eigenvalue weighted by molar-refractivity contribution is -0.149. The summed E-state index contributed by atoms with van der Waals surface area (Å²) in [5.74, 6) is -2.37. The fraction of sp³-hybridized carbons (Fsp3) is 0.667. The Morgan fingerprint density at radius 2 is 2.00 bits per heavy atom. The van der Waals surface area contributed by atoms with Crippen molar-refractivity contribution in [2.75, 3.05) is 13.7 Å². The number of rotatable bonds is 4. The third kappa shape index (κ3) is 4.65. The van der Waals surface area contributed by atoms with Crippen molar-refractivity contribution in [2.45, 2.75) is 12.2 Å². The summed E-state index contributed by atoms with van der Waals surface area (Å²) in [6.45, 7) is -1.49. The molecule has 0 aliphatic rings. The zero-order valence-electron chi connectivity index (χ0n) is 7.22. The molecule has 0 aromatic heterocycles. The number of carbonyl (C=O) groups is 2. The first kappa shape index (κ1) is 12.7. The summed E-state index contributed by atoms with van der Waals surface area (Å²) >= 11 is 0. The van der Waals surface area contributed by atoms with E-state index in [9.17, 15) is 22.8 Å². The molecule has 1 atom stereocenters. The standard InChI is InChI=1S/C6H9F3N2O3/c1-14-5(13)3(4(10)12)11-2-6(7,8)9/h3,11H,2H2,1H3,(H2,10,12). The number of alkyl halides is 3. The van der Waals surface area contributed by atoms with Crippen molar-refractivity contribution in [1.29, 1.82) is 0 Å². The van der Waals surface area contributed by atoms with E-state index in [1.165, 1.54) is 0 Å². The summed E-state index contributed by atoms with van der Waals surface area (Å²) < 4.78 is 39.1. The molecular weight excluding hydrogens is 205 g/mol. The highest BCUT2D eigenvalue weighted by Gasteiger charge is 2.32. The number of amides is 1. The molecule has 0 saturated carbocycles. The van der Waals surface area contributed by atoms with E-state index in [0.717, 1.165) is 7.11 Å². The van der Waals surface area contributed by atoms with Crippen LogP contribution in [0.4, 0.5) is 13.2 Å². The van der Waals surface area contributed by atoms with Crippen molar-refractivity contribution >= 4 is 11.9 Å². The summed E-state index contributed by atoms with van der Waals surface area (Å²) in [5, 5.41) is 1.64. The largest absolute Gasteiger partial charge is 0.467 e. The molecular formula is C6H9F3N2O3. The molecule has 0 heterocycles. The van der Waals surface area contributed by atoms with Gasteiger partial charge < -0.3 is 10.5 Å². The molecule has 8 heteroatoms. The maximum Gasteiger partial charge on any atom is 0.401 e. The molecule has 0 aliphatic carbocycles. The molecule has 5 nitrogen and oxygen atoms in total. The zero-order valence-corrected chi connectivity index (χ0v) is 7.22. The monoisotopic (exact) mass is 214 g/mol. The van der Waals surface area contributed by atoms with E-state index in [0.29, 0.717) is 0 Å². The molecule has 0 radical (unpaired) electrons. The van der Waals surface area contributed by atoms with Crippen molar-refractivity contribution in [3.8, 4) is 0 Å². The van der Waals surface area contributed by atoms with Crippen LogP contribution < -0.4 is 11.1 Å². The van der Waals surface area contributed by atoms with Crippen molar-refractivity contribution in [2.24, 2.45) is 5.73 Å². The zero-order chi connectivity index (χ0) is 11.4. The van der Waals surface area contributed by atoms with Gasteiger partial charge in [0, 0.05) is 0 Å². The Bertz CT molecular complexity index is 229. The van der Waals surface area contributed by atoms with E-state index >= 15 is 0 Å². The predicted octanol–water partition coefficient (Wildman–Crippen LogP) is -0.835. The molecule has 1 amide bonds. The highest BCUT2D eigenvalue weighted by Crippen LogP contribution is 2.12. The van der Waals surface area contributed by atoms with Gasteiger partial charge in [0.15, 0.2) is 6.04 Å². The van der Waals surface area contributed by atoms with Gasteiger partial charge in [-0.05, 0) is 0 Å². The second kappa shape index (κ2) is 4.80. The molecule has 0 aromatic carbocycles. The van der Waals surface area contributed by atoms with Gasteiger partial charge in [-0.2, -0.15) is 13.2 Å². The number of halogens is 3. The van der Waals surface area contributed by atoms with Crippen molar-refractivity contribution < 1.29 is 27.5 Å². The van der Waals surface area contributed by atoms with Gasteiger partial charge in [0.1, 0.15) is 0 Å². The van der Waals surface area contributed by atoms with Gasteiger partial charge in [0.2, 0.25) is 5.91 Å². The van der Waals surface area contributed by atoms with Crippen LogP contribution in [0.5, 0.6) is 0 Å². The molecule has 82 valence electrons. The second-order valence-electron chi connectivity index (χ2n) is 2.35. The Morgan fingerprint density at radius 3 is 2.29 bits per heavy atom. The molecule has 0 aliphatic heterocycles. The minimum absolute atomic E-state index is 0.938. The van der Waals surface area contributed by atoms with Crippen molar-refractivity contribution in [3.05, 3.63) is 0 Å². The lowest BCUT2D eigenvalue weighted by Gasteiger charge is -2.14. The topological polar surface area (TPSA) is 81.4 Å². The first-order valence-corrected chi connectivity index (χ1v) is 3.45. The SMILES string of the molecule is COC(=O)C(NCC(F)(F)F)C(N)=O. The average Bonchev–Trinajstić information content (AvgIpc) is 2.01. The van der Waals surface area contributed by atoms with Crippen LogP contribution in [0.15, 0.2) is 0 Å². The van der Waals surface area contributed by atoms with E-state index in [4.69, 9.17) is 0 Å². The lowest BCUT2D eigenvalue weighted by atomic mass is 10.3. The number of esters is 1. The quantitative estimate of drug-likeness (QED) is 0.472. The van der Waals surface area contributed by atoms with E-state index in [1.54, 1.807) is 5.32 Å². The fourth-order valence-electron chi connectivity index (χ4n) is 0.636. The van der Waals surface area contributed by atoms with Crippen LogP contribution in [0.2, 0.25) is 0 Å². The molecule has 1 unspecified atom stereocenters. The summed E-state index contributed by atoms with van der Waals surface area (Å²) in [5.41, 5.74) is 4.67. The van der Waals surface area contributed by atoms with Crippen molar-refractivity contribution in [3.63, 3.8) is 0 Å². The molecule has 0 saturated heterocycles. The molecule has 0 bridgehead atoms. The first-order valence-electron chi connectivity index (χ1n) is 3.45. The normalized spacial score (nSPS) is 13.4. The van der Waals surface area contributed by atoms with Gasteiger partial charge in [0.25, 0.3) is 0 Å². The van der Waals surface area contributed by atoms with Gasteiger partial charge in [-0.15, -0.1) is 0 Å². The number of carbonyl (C=O) groups excluding carboxylic acids is 2. The minimum atomic E-state index is -4.53. The predicted molar refractivity (Wildman–Crippen MR) is 39.1 cm³/mol. The van der Waals surface area contributed by atoms with Gasteiger partial charge >= 0.3 is 12.1 Å². The van der Waals surface area contributed by atoms with E-state index < -0.39 is 30.6 Å². The van der Waals surface area contributed by atoms with E-state index in [-0.39, 0.29) is 0 Å². The van der Waals surface area contributed by atoms with Crippen LogP contribution in [-0.4, -0.2) is 37.7 Å². The number of nitrogens with one attached hydrogen (secondary N) is 1. The molecule has 0 fully saturated rings. The van der Waals surface area contributed by atoms with Gasteiger partial charge in [-0.25, -0.2) is 4.79 Å². The summed E-state index contributed by atoms with van der Waals surface area (Å²) in [7, 11) is 0.938. The number of methoxy groups -OCH3 is 1. The van der Waals surface area contributed by atoms with Crippen LogP contribution in [0.25, 0.3) is 0 Å². The molecule has 0 spiro atoms. The Hall–Kier alpha value is -1.31. The number of ether oxygens (including phenoxy) is 1. The molecule has 0 rings (SSSR count). The second-order valence-corrected chi connectivity index (χ2v) is 2.35. The van der Waals surface area contributed by atoms with Gasteiger partial charge in [-0.3, -0.25) is 10.1 Å². The number of primary amides is 1. The first-order chi connectivity index (χ1) is 6.28. The average molecular weight is 214 g/mol. The number of hydrogen-bond donors (Lipinski definition) is 2. The fourth-order valence-corrected chi connectivity index (χ4v) is 0.636. The van der Waals surface area contributed by atoms with Crippen LogP contribution in [0, 0.1) is 0 Å². The van der Waals surface area contributed by atoms with E-state index in [2.05, 4.69) is 10.5 Å². The Kier molecular flexibility index (Phi) is 4.35. The van der Waals surface area contributed by atoms with Crippen LogP contribution in [-0.2, 0) is 14.3 Å². The Balaban J connectivity index is 4.26. The molecule has 0 aromatic rings. The number of nitrogens with two attached hydrogens (primary N) is 1. The molecule has 14 heavy (non-hydrogen) atoms. The van der Waals surface area contributed by atoms with Crippen LogP contribution >= 0.6 is 0 Å². The lowest BCUT2D eigenvalue weighted by Crippen LogP contribution is -2.50. The third-order valence-electron chi connectivity index (χ3n) is 1.23. The smallest absolute Gasteiger partial charge is 0.401 e. The third-order valence-corrected chi connectivity index (χ3v) is 1.23. The number of hydrogen-bond acceptors (Lipinski definition) is 4. The molecule has 3 N–H and O–H groups in total. The highest BCUT2D eigenvalue weighted by atomic mass is 19.4. The summed E-state index contributed by atoms with van der Waals surface area (Å²) in [6.07, 6.45) is -4.53. The maximum atomic E-state index is 11.7. The Labute approximate surface area is 77.4 Å². The minimum Gasteiger partial charge on any atom is -0.467 e. The maximum absolute atomic E-state index is 11.7. The summed E-state index contributed by atoms with van der Waals surface area (Å²) in [6, 6.07) is -1.78. The summed E-state index contributed by atoms with van der Waals surface area (Å²) in [4.78, 5) is 21.2. The van der Waals surface area contributed by atoms with Gasteiger partial charge in [0.05, 0.1) is 13.7 Å². The van der Waals surface area contributed by atoms with Crippen LogP contribution in [0.1, 0.15) is 0 Å². The van der Waals surface area contributed by atoms with Gasteiger partial charge in [-0.1, -0.05) is 0 Å². The van der Waals surface area contributed by atoms with Crippen LogP contribution in [0.3, 0.4) is 0 Å². The van der Waals surface area contributed by atoms with Crippen molar-refractivity contribution in [1.82, 2.24) is 5.32 Å². The Morgan fingerprint density at radius 1 is 1.50 bits per heavy atom. The van der Waals surface area contributed by atoms with E-state index in [1.807, 2.05) is 0 Å².